The summed E-state index contributed by atoms with van der Waals surface area (Å²) in [6.07, 6.45) is 4.34. The number of hydroxylamine groups is 1. The second kappa shape index (κ2) is 9.53. The fourth-order valence-electron chi connectivity index (χ4n) is 4.28. The summed E-state index contributed by atoms with van der Waals surface area (Å²) in [5.74, 6) is -0.0806. The molecule has 0 bridgehead atoms. The highest BCUT2D eigenvalue weighted by atomic mass is 32.2. The Morgan fingerprint density at radius 2 is 2.03 bits per heavy atom. The second-order valence-electron chi connectivity index (χ2n) is 8.16. The number of ether oxygens (including phenoxy) is 1. The van der Waals surface area contributed by atoms with E-state index in [0.29, 0.717) is 18.9 Å². The Morgan fingerprint density at radius 3 is 2.78 bits per heavy atom. The number of amides is 1. The molecule has 1 aromatic carbocycles. The summed E-state index contributed by atoms with van der Waals surface area (Å²) in [5.41, 5.74) is 6.12. The van der Waals surface area contributed by atoms with Crippen LogP contribution < -0.4 is 15.5 Å². The van der Waals surface area contributed by atoms with Gasteiger partial charge in [0.15, 0.2) is 0 Å². The molecule has 2 aliphatic rings. The van der Waals surface area contributed by atoms with Crippen molar-refractivity contribution in [2.45, 2.75) is 50.2 Å². The molecule has 1 fully saturated rings. The van der Waals surface area contributed by atoms with Gasteiger partial charge in [-0.15, -0.1) is 0 Å². The highest BCUT2D eigenvalue weighted by molar-refractivity contribution is 7.89. The van der Waals surface area contributed by atoms with Crippen molar-refractivity contribution in [2.75, 3.05) is 19.6 Å². The molecule has 1 amide bonds. The van der Waals surface area contributed by atoms with Crippen LogP contribution in [0.5, 0.6) is 5.75 Å². The minimum absolute atomic E-state index is 0.0561. The van der Waals surface area contributed by atoms with E-state index in [1.807, 2.05) is 6.92 Å². The molecule has 172 valence electrons. The number of nitrogens with zero attached hydrogens (tertiary/aromatic N) is 2. The van der Waals surface area contributed by atoms with E-state index in [0.717, 1.165) is 36.9 Å². The highest BCUT2D eigenvalue weighted by Gasteiger charge is 2.33. The van der Waals surface area contributed by atoms with Crippen molar-refractivity contribution in [1.82, 2.24) is 20.1 Å². The van der Waals surface area contributed by atoms with E-state index in [9.17, 15) is 13.2 Å². The molecule has 9 nitrogen and oxygen atoms in total. The number of sulfonamides is 1. The highest BCUT2D eigenvalue weighted by Crippen LogP contribution is 2.26. The van der Waals surface area contributed by atoms with Crippen molar-refractivity contribution in [2.24, 2.45) is 0 Å². The molecular weight excluding hydrogens is 432 g/mol. The van der Waals surface area contributed by atoms with Crippen LogP contribution in [0.1, 0.15) is 35.4 Å². The maximum Gasteiger partial charge on any atom is 0.261 e. The van der Waals surface area contributed by atoms with Gasteiger partial charge in [-0.1, -0.05) is 0 Å². The Labute approximate surface area is 187 Å². The summed E-state index contributed by atoms with van der Waals surface area (Å²) in [7, 11) is -3.77. The van der Waals surface area contributed by atoms with Crippen molar-refractivity contribution >= 4 is 15.9 Å². The standard InChI is InChI=1S/C22H28N4O5S/c1-15-12-16(19-4-2-3-5-20(19)24-15)14-31-17-6-8-18(9-7-17)32(29,30)26-11-10-23-21(13-26)22(27)25-28/h6-9,12,21,23,28H,2-5,10-11,13-14H2,1H3,(H,25,27). The summed E-state index contributed by atoms with van der Waals surface area (Å²) in [6, 6.07) is 7.58. The lowest BCUT2D eigenvalue weighted by Crippen LogP contribution is -2.57. The molecule has 1 unspecified atom stereocenters. The maximum atomic E-state index is 13.0. The van der Waals surface area contributed by atoms with Crippen LogP contribution in [-0.4, -0.2) is 54.5 Å². The molecule has 3 N–H and O–H groups in total. The SMILES string of the molecule is Cc1cc(COc2ccc(S(=O)(=O)N3CCNC(C(=O)NO)C3)cc2)c2c(n1)CCCC2. The first-order valence-corrected chi connectivity index (χ1v) is 12.2. The Bertz CT molecular complexity index is 1090. The number of nitrogens with one attached hydrogen (secondary N) is 2. The van der Waals surface area contributed by atoms with Gasteiger partial charge in [-0.3, -0.25) is 15.0 Å². The number of piperazine rings is 1. The van der Waals surface area contributed by atoms with Gasteiger partial charge in [-0.2, -0.15) is 4.31 Å². The summed E-state index contributed by atoms with van der Waals surface area (Å²) >= 11 is 0. The number of hydrogen-bond acceptors (Lipinski definition) is 7. The smallest absolute Gasteiger partial charge is 0.261 e. The fraction of sp³-hybridized carbons (Fsp3) is 0.455. The van der Waals surface area contributed by atoms with Crippen LogP contribution >= 0.6 is 0 Å². The zero-order valence-electron chi connectivity index (χ0n) is 18.0. The zero-order chi connectivity index (χ0) is 22.7. The summed E-state index contributed by atoms with van der Waals surface area (Å²) in [6.45, 7) is 2.90. The minimum atomic E-state index is -3.77. The van der Waals surface area contributed by atoms with Gasteiger partial charge in [-0.25, -0.2) is 13.9 Å². The topological polar surface area (TPSA) is 121 Å². The summed E-state index contributed by atoms with van der Waals surface area (Å²) < 4.78 is 33.2. The lowest BCUT2D eigenvalue weighted by atomic mass is 9.92. The largest absolute Gasteiger partial charge is 0.489 e. The molecule has 2 aromatic rings. The summed E-state index contributed by atoms with van der Waals surface area (Å²) in [4.78, 5) is 16.4. The van der Waals surface area contributed by atoms with E-state index in [1.54, 1.807) is 17.6 Å². The third kappa shape index (κ3) is 4.78. The van der Waals surface area contributed by atoms with Crippen molar-refractivity contribution in [3.63, 3.8) is 0 Å². The molecule has 2 heterocycles. The molecule has 10 heteroatoms. The van der Waals surface area contributed by atoms with E-state index in [-0.39, 0.29) is 18.0 Å². The number of pyridine rings is 1. The molecule has 1 aliphatic carbocycles. The average Bonchev–Trinajstić information content (AvgIpc) is 2.82. The van der Waals surface area contributed by atoms with Crippen LogP contribution in [0, 0.1) is 6.92 Å². The van der Waals surface area contributed by atoms with E-state index in [4.69, 9.17) is 9.94 Å². The van der Waals surface area contributed by atoms with Crippen molar-refractivity contribution in [3.05, 3.63) is 52.8 Å². The van der Waals surface area contributed by atoms with Gasteiger partial charge in [0.05, 0.1) is 4.90 Å². The number of rotatable bonds is 6. The van der Waals surface area contributed by atoms with Crippen molar-refractivity contribution in [3.8, 4) is 5.75 Å². The van der Waals surface area contributed by atoms with E-state index >= 15 is 0 Å². The molecule has 32 heavy (non-hydrogen) atoms. The minimum Gasteiger partial charge on any atom is -0.489 e. The van der Waals surface area contributed by atoms with Crippen LogP contribution in [0.25, 0.3) is 0 Å². The van der Waals surface area contributed by atoms with E-state index in [1.165, 1.54) is 27.7 Å². The second-order valence-corrected chi connectivity index (χ2v) is 10.1. The number of hydrogen-bond donors (Lipinski definition) is 3. The predicted molar refractivity (Wildman–Crippen MR) is 117 cm³/mol. The molecule has 0 radical (unpaired) electrons. The zero-order valence-corrected chi connectivity index (χ0v) is 18.8. The van der Waals surface area contributed by atoms with Crippen molar-refractivity contribution in [1.29, 1.82) is 0 Å². The molecular formula is C22H28N4O5S. The fourth-order valence-corrected chi connectivity index (χ4v) is 5.74. The number of carbonyl (C=O) groups excluding carboxylic acids is 1. The maximum absolute atomic E-state index is 13.0. The first-order valence-electron chi connectivity index (χ1n) is 10.8. The normalized spacial score (nSPS) is 19.2. The predicted octanol–water partition coefficient (Wildman–Crippen LogP) is 1.32. The third-order valence-corrected chi connectivity index (χ3v) is 7.82. The lowest BCUT2D eigenvalue weighted by Gasteiger charge is -2.31. The molecule has 1 atom stereocenters. The Balaban J connectivity index is 1.44. The molecule has 1 aliphatic heterocycles. The van der Waals surface area contributed by atoms with Crippen LogP contribution in [0.15, 0.2) is 35.2 Å². The Morgan fingerprint density at radius 1 is 1.28 bits per heavy atom. The number of carbonyl (C=O) groups is 1. The van der Waals surface area contributed by atoms with Gasteiger partial charge in [-0.05, 0) is 74.1 Å². The first-order chi connectivity index (χ1) is 15.4. The van der Waals surface area contributed by atoms with Gasteiger partial charge < -0.3 is 10.1 Å². The van der Waals surface area contributed by atoms with Gasteiger partial charge in [0.1, 0.15) is 18.4 Å². The number of aromatic nitrogens is 1. The van der Waals surface area contributed by atoms with E-state index in [2.05, 4.69) is 16.4 Å². The first kappa shape index (κ1) is 22.7. The number of aryl methyl sites for hydroxylation is 2. The quantitative estimate of drug-likeness (QED) is 0.439. The third-order valence-electron chi connectivity index (χ3n) is 5.94. The van der Waals surface area contributed by atoms with Crippen LogP contribution in [0.4, 0.5) is 0 Å². The van der Waals surface area contributed by atoms with Crippen LogP contribution in [0.3, 0.4) is 0 Å². The summed E-state index contributed by atoms with van der Waals surface area (Å²) in [5, 5.41) is 11.7. The van der Waals surface area contributed by atoms with E-state index < -0.39 is 22.0 Å². The Kier molecular flexibility index (Phi) is 6.75. The van der Waals surface area contributed by atoms with Gasteiger partial charge in [0, 0.05) is 31.0 Å². The molecule has 0 saturated carbocycles. The van der Waals surface area contributed by atoms with Crippen LogP contribution in [-0.2, 0) is 34.3 Å². The number of benzene rings is 1. The molecule has 1 aromatic heterocycles. The van der Waals surface area contributed by atoms with Gasteiger partial charge in [0.2, 0.25) is 10.0 Å². The average molecular weight is 461 g/mol. The van der Waals surface area contributed by atoms with Crippen LogP contribution in [0.2, 0.25) is 0 Å². The lowest BCUT2D eigenvalue weighted by molar-refractivity contribution is -0.132. The number of fused-ring (bicyclic) bond motifs is 1. The molecule has 4 rings (SSSR count). The van der Waals surface area contributed by atoms with Crippen molar-refractivity contribution < 1.29 is 23.2 Å². The molecule has 0 spiro atoms. The Hall–Kier alpha value is -2.53. The van der Waals surface area contributed by atoms with Gasteiger partial charge >= 0.3 is 0 Å². The van der Waals surface area contributed by atoms with Gasteiger partial charge in [0.25, 0.3) is 5.91 Å². The molecule has 1 saturated heterocycles. The monoisotopic (exact) mass is 460 g/mol.